The van der Waals surface area contributed by atoms with E-state index in [1.54, 1.807) is 43.3 Å². The highest BCUT2D eigenvalue weighted by Gasteiger charge is 2.32. The van der Waals surface area contributed by atoms with Crippen LogP contribution in [-0.2, 0) is 26.2 Å². The molecule has 1 unspecified atom stereocenters. The van der Waals surface area contributed by atoms with E-state index in [0.29, 0.717) is 17.1 Å². The second-order valence-electron chi connectivity index (χ2n) is 9.77. The first-order valence-electron chi connectivity index (χ1n) is 12.5. The number of nitrogens with zero attached hydrogens (tertiary/aromatic N) is 2. The van der Waals surface area contributed by atoms with Gasteiger partial charge in [0.1, 0.15) is 18.4 Å². The van der Waals surface area contributed by atoms with Gasteiger partial charge in [-0.15, -0.1) is 0 Å². The fourth-order valence-corrected chi connectivity index (χ4v) is 5.47. The number of amides is 2. The first-order valence-corrected chi connectivity index (χ1v) is 14.4. The molecule has 0 aliphatic carbocycles. The maximum atomic E-state index is 13.8. The zero-order valence-electron chi connectivity index (χ0n) is 22.4. The van der Waals surface area contributed by atoms with Crippen LogP contribution in [0.3, 0.4) is 0 Å². The Morgan fingerprint density at radius 3 is 2.21 bits per heavy atom. The van der Waals surface area contributed by atoms with Crippen LogP contribution in [0, 0.1) is 18.7 Å². The van der Waals surface area contributed by atoms with Crippen molar-refractivity contribution >= 4 is 39.1 Å². The minimum Gasteiger partial charge on any atom is -0.354 e. The molecule has 0 saturated carbocycles. The van der Waals surface area contributed by atoms with Gasteiger partial charge in [0.25, 0.3) is 10.0 Å². The molecule has 0 heterocycles. The van der Waals surface area contributed by atoms with Crippen molar-refractivity contribution < 1.29 is 22.4 Å². The van der Waals surface area contributed by atoms with Crippen molar-refractivity contribution in [3.63, 3.8) is 0 Å². The van der Waals surface area contributed by atoms with Crippen LogP contribution in [0.5, 0.6) is 0 Å². The van der Waals surface area contributed by atoms with Gasteiger partial charge in [-0.25, -0.2) is 12.8 Å². The molecule has 3 aromatic rings. The molecule has 7 nitrogen and oxygen atoms in total. The molecule has 0 bridgehead atoms. The first-order chi connectivity index (χ1) is 18.4. The number of hydrogen-bond acceptors (Lipinski definition) is 4. The van der Waals surface area contributed by atoms with E-state index in [9.17, 15) is 22.4 Å². The van der Waals surface area contributed by atoms with Crippen LogP contribution in [0.2, 0.25) is 5.02 Å². The third-order valence-electron chi connectivity index (χ3n) is 6.10. The highest BCUT2D eigenvalue weighted by atomic mass is 35.5. The van der Waals surface area contributed by atoms with E-state index in [1.807, 2.05) is 20.8 Å². The molecular formula is C29H33ClFN3O4S. The normalized spacial score (nSPS) is 12.2. The van der Waals surface area contributed by atoms with E-state index in [4.69, 9.17) is 11.6 Å². The van der Waals surface area contributed by atoms with Crippen LogP contribution in [0.1, 0.15) is 31.9 Å². The first kappa shape index (κ1) is 30.1. The van der Waals surface area contributed by atoms with Crippen molar-refractivity contribution in [1.82, 2.24) is 10.2 Å². The summed E-state index contributed by atoms with van der Waals surface area (Å²) in [5.74, 6) is -1.32. The summed E-state index contributed by atoms with van der Waals surface area (Å²) in [5, 5.41) is 3.30. The lowest BCUT2D eigenvalue weighted by Crippen LogP contribution is -2.51. The third kappa shape index (κ3) is 8.03. The van der Waals surface area contributed by atoms with Crippen molar-refractivity contribution in [2.24, 2.45) is 5.92 Å². The maximum Gasteiger partial charge on any atom is 0.264 e. The molecule has 1 atom stereocenters. The summed E-state index contributed by atoms with van der Waals surface area (Å²) in [6.45, 7) is 7.17. The molecule has 3 rings (SSSR count). The zero-order chi connectivity index (χ0) is 28.7. The lowest BCUT2D eigenvalue weighted by Gasteiger charge is -2.32. The summed E-state index contributed by atoms with van der Waals surface area (Å²) in [6.07, 6.45) is 0. The molecule has 0 fully saturated rings. The number of benzene rings is 3. The number of sulfonamides is 1. The van der Waals surface area contributed by atoms with Gasteiger partial charge in [0, 0.05) is 18.1 Å². The van der Waals surface area contributed by atoms with Gasteiger partial charge in [0.15, 0.2) is 0 Å². The number of carbonyl (C=O) groups excluding carboxylic acids is 2. The van der Waals surface area contributed by atoms with Gasteiger partial charge in [0.05, 0.1) is 10.6 Å². The van der Waals surface area contributed by atoms with Crippen LogP contribution in [0.25, 0.3) is 0 Å². The predicted molar refractivity (Wildman–Crippen MR) is 151 cm³/mol. The zero-order valence-corrected chi connectivity index (χ0v) is 24.0. The lowest BCUT2D eigenvalue weighted by molar-refractivity contribution is -0.139. The molecule has 10 heteroatoms. The minimum absolute atomic E-state index is 0.0191. The number of aryl methyl sites for hydroxylation is 1. The standard InChI is InChI=1S/C29H33ClFN3O4S/c1-20(2)17-32-29(36)22(4)33(18-23-6-5-7-24(30)16-23)28(35)19-34(26-12-10-25(31)11-13-26)39(37,38)27-14-8-21(3)9-15-27/h5-16,20,22H,17-19H2,1-4H3,(H,32,36). The topological polar surface area (TPSA) is 86.8 Å². The number of nitrogens with one attached hydrogen (secondary N) is 1. The maximum absolute atomic E-state index is 13.8. The highest BCUT2D eigenvalue weighted by molar-refractivity contribution is 7.92. The fourth-order valence-electron chi connectivity index (χ4n) is 3.84. The van der Waals surface area contributed by atoms with E-state index < -0.39 is 34.3 Å². The Morgan fingerprint density at radius 2 is 1.62 bits per heavy atom. The quantitative estimate of drug-likeness (QED) is 0.343. The van der Waals surface area contributed by atoms with Crippen LogP contribution in [0.15, 0.2) is 77.7 Å². The number of halogens is 2. The van der Waals surface area contributed by atoms with Gasteiger partial charge in [-0.1, -0.05) is 55.3 Å². The van der Waals surface area contributed by atoms with Crippen LogP contribution in [-0.4, -0.2) is 44.3 Å². The van der Waals surface area contributed by atoms with Gasteiger partial charge in [-0.2, -0.15) is 0 Å². The second-order valence-corrected chi connectivity index (χ2v) is 12.1. The van der Waals surface area contributed by atoms with Crippen molar-refractivity contribution in [2.45, 2.75) is 45.2 Å². The predicted octanol–water partition coefficient (Wildman–Crippen LogP) is 5.17. The molecule has 3 aromatic carbocycles. The minimum atomic E-state index is -4.22. The SMILES string of the molecule is Cc1ccc(S(=O)(=O)N(CC(=O)N(Cc2cccc(Cl)c2)C(C)C(=O)NCC(C)C)c2ccc(F)cc2)cc1. The van der Waals surface area contributed by atoms with Crippen molar-refractivity contribution in [2.75, 3.05) is 17.4 Å². The summed E-state index contributed by atoms with van der Waals surface area (Å²) in [7, 11) is -4.22. The van der Waals surface area contributed by atoms with E-state index >= 15 is 0 Å². The molecule has 1 N–H and O–H groups in total. The Balaban J connectivity index is 2.01. The average molecular weight is 574 g/mol. The molecule has 0 saturated heterocycles. The summed E-state index contributed by atoms with van der Waals surface area (Å²) in [6, 6.07) is 17.1. The van der Waals surface area contributed by atoms with E-state index in [-0.39, 0.29) is 29.0 Å². The Hall–Kier alpha value is -3.43. The molecule has 0 radical (unpaired) electrons. The van der Waals surface area contributed by atoms with E-state index in [0.717, 1.165) is 22.0 Å². The van der Waals surface area contributed by atoms with Gasteiger partial charge >= 0.3 is 0 Å². The molecule has 39 heavy (non-hydrogen) atoms. The van der Waals surface area contributed by atoms with Crippen LogP contribution in [0.4, 0.5) is 10.1 Å². The number of carbonyl (C=O) groups is 2. The summed E-state index contributed by atoms with van der Waals surface area (Å²) < 4.78 is 42.1. The average Bonchev–Trinajstić information content (AvgIpc) is 2.89. The molecule has 0 spiro atoms. The van der Waals surface area contributed by atoms with Gasteiger partial charge in [-0.3, -0.25) is 13.9 Å². The monoisotopic (exact) mass is 573 g/mol. The summed E-state index contributed by atoms with van der Waals surface area (Å²) in [5.41, 5.74) is 1.66. The smallest absolute Gasteiger partial charge is 0.264 e. The number of hydrogen-bond donors (Lipinski definition) is 1. The largest absolute Gasteiger partial charge is 0.354 e. The van der Waals surface area contributed by atoms with Gasteiger partial charge in [0.2, 0.25) is 11.8 Å². The Labute approximate surface area is 234 Å². The third-order valence-corrected chi connectivity index (χ3v) is 8.12. The van der Waals surface area contributed by atoms with Gasteiger partial charge in [-0.05, 0) is 73.9 Å². The molecule has 208 valence electrons. The van der Waals surface area contributed by atoms with Crippen LogP contribution < -0.4 is 9.62 Å². The summed E-state index contributed by atoms with van der Waals surface area (Å²) >= 11 is 6.15. The van der Waals surface area contributed by atoms with Crippen molar-refractivity contribution in [1.29, 1.82) is 0 Å². The van der Waals surface area contributed by atoms with Crippen LogP contribution >= 0.6 is 11.6 Å². The fraction of sp³-hybridized carbons (Fsp3) is 0.310. The summed E-state index contributed by atoms with van der Waals surface area (Å²) in [4.78, 5) is 28.1. The molecule has 0 aromatic heterocycles. The molecule has 0 aliphatic heterocycles. The van der Waals surface area contributed by atoms with E-state index in [1.165, 1.54) is 29.2 Å². The lowest BCUT2D eigenvalue weighted by atomic mass is 10.1. The second kappa shape index (κ2) is 13.1. The molecular weight excluding hydrogens is 541 g/mol. The molecule has 2 amide bonds. The Bertz CT molecular complexity index is 1400. The highest BCUT2D eigenvalue weighted by Crippen LogP contribution is 2.25. The Kier molecular flexibility index (Phi) is 10.1. The van der Waals surface area contributed by atoms with Crippen molar-refractivity contribution in [3.8, 4) is 0 Å². The number of rotatable bonds is 11. The number of anilines is 1. The molecule has 0 aliphatic rings. The van der Waals surface area contributed by atoms with Gasteiger partial charge < -0.3 is 10.2 Å². The Morgan fingerprint density at radius 1 is 0.974 bits per heavy atom. The van der Waals surface area contributed by atoms with E-state index in [2.05, 4.69) is 5.32 Å². The van der Waals surface area contributed by atoms with Crippen molar-refractivity contribution in [3.05, 3.63) is 94.8 Å².